The number of ether oxygens (including phenoxy) is 1. The Hall–Kier alpha value is -1.78. The van der Waals surface area contributed by atoms with Crippen LogP contribution >= 0.6 is 0 Å². The number of nitrogen functional groups attached to an aromatic ring is 1. The second-order valence-corrected chi connectivity index (χ2v) is 2.73. The molecule has 14 heavy (non-hydrogen) atoms. The molecule has 0 aliphatic rings. The van der Waals surface area contributed by atoms with Gasteiger partial charge < -0.3 is 15.8 Å². The third kappa shape index (κ3) is 3.30. The van der Waals surface area contributed by atoms with E-state index in [1.807, 2.05) is 0 Å². The molecule has 0 saturated heterocycles. The van der Waals surface area contributed by atoms with Crippen molar-refractivity contribution in [3.8, 4) is 0 Å². The standard InChI is InChI=1S/C9H13N3O2/c1-14-9(13)3-5-12-8-6-7(10)2-4-11-8/h2,4,6H,3,5H2,1H3,(H3,10,11,12). The Bertz CT molecular complexity index is 315. The van der Waals surface area contributed by atoms with Crippen LogP contribution in [0.2, 0.25) is 0 Å². The summed E-state index contributed by atoms with van der Waals surface area (Å²) in [5.41, 5.74) is 6.18. The van der Waals surface area contributed by atoms with Crippen molar-refractivity contribution in [2.75, 3.05) is 24.7 Å². The van der Waals surface area contributed by atoms with Gasteiger partial charge in [-0.05, 0) is 6.07 Å². The molecule has 3 N–H and O–H groups in total. The maximum atomic E-state index is 10.8. The first-order chi connectivity index (χ1) is 6.72. The Balaban J connectivity index is 2.35. The van der Waals surface area contributed by atoms with Crippen molar-refractivity contribution in [3.63, 3.8) is 0 Å². The maximum Gasteiger partial charge on any atom is 0.307 e. The van der Waals surface area contributed by atoms with Gasteiger partial charge in [-0.15, -0.1) is 0 Å². The first-order valence-corrected chi connectivity index (χ1v) is 4.24. The number of hydrogen-bond acceptors (Lipinski definition) is 5. The predicted molar refractivity (Wildman–Crippen MR) is 53.8 cm³/mol. The van der Waals surface area contributed by atoms with Crippen molar-refractivity contribution < 1.29 is 9.53 Å². The Labute approximate surface area is 82.3 Å². The van der Waals surface area contributed by atoms with Crippen LogP contribution in [0.3, 0.4) is 0 Å². The van der Waals surface area contributed by atoms with Crippen LogP contribution in [-0.2, 0) is 9.53 Å². The van der Waals surface area contributed by atoms with E-state index in [-0.39, 0.29) is 5.97 Å². The second-order valence-electron chi connectivity index (χ2n) is 2.73. The SMILES string of the molecule is COC(=O)CCNc1cc(N)ccn1. The molecule has 5 heteroatoms. The van der Waals surface area contributed by atoms with Crippen LogP contribution in [0.25, 0.3) is 0 Å². The van der Waals surface area contributed by atoms with Crippen molar-refractivity contribution in [1.29, 1.82) is 0 Å². The second kappa shape index (κ2) is 5.06. The molecule has 0 unspecified atom stereocenters. The number of anilines is 2. The van der Waals surface area contributed by atoms with Gasteiger partial charge in [-0.25, -0.2) is 4.98 Å². The molecular formula is C9H13N3O2. The van der Waals surface area contributed by atoms with E-state index in [0.29, 0.717) is 24.5 Å². The number of pyridine rings is 1. The van der Waals surface area contributed by atoms with E-state index < -0.39 is 0 Å². The number of nitrogens with one attached hydrogen (secondary N) is 1. The lowest BCUT2D eigenvalue weighted by molar-refractivity contribution is -0.140. The summed E-state index contributed by atoms with van der Waals surface area (Å²) >= 11 is 0. The summed E-state index contributed by atoms with van der Waals surface area (Å²) in [6.07, 6.45) is 1.92. The lowest BCUT2D eigenvalue weighted by atomic mass is 10.4. The van der Waals surface area contributed by atoms with E-state index in [1.165, 1.54) is 7.11 Å². The molecule has 1 heterocycles. The molecule has 76 valence electrons. The molecule has 1 aromatic heterocycles. The third-order valence-electron chi connectivity index (χ3n) is 1.65. The summed E-state index contributed by atoms with van der Waals surface area (Å²) in [5.74, 6) is 0.412. The quantitative estimate of drug-likeness (QED) is 0.689. The number of nitrogens with two attached hydrogens (primary N) is 1. The van der Waals surface area contributed by atoms with Crippen LogP contribution in [0, 0.1) is 0 Å². The number of nitrogens with zero attached hydrogens (tertiary/aromatic N) is 1. The number of hydrogen-bond donors (Lipinski definition) is 2. The van der Waals surface area contributed by atoms with Crippen molar-refractivity contribution >= 4 is 17.5 Å². The Kier molecular flexibility index (Phi) is 3.72. The third-order valence-corrected chi connectivity index (χ3v) is 1.65. The van der Waals surface area contributed by atoms with Gasteiger partial charge >= 0.3 is 5.97 Å². The van der Waals surface area contributed by atoms with Gasteiger partial charge in [0.15, 0.2) is 0 Å². The van der Waals surface area contributed by atoms with E-state index >= 15 is 0 Å². The normalized spacial score (nSPS) is 9.50. The first kappa shape index (κ1) is 10.3. The molecule has 0 saturated carbocycles. The van der Waals surface area contributed by atoms with Crippen LogP contribution in [0.4, 0.5) is 11.5 Å². The van der Waals surface area contributed by atoms with Crippen molar-refractivity contribution in [3.05, 3.63) is 18.3 Å². The van der Waals surface area contributed by atoms with E-state index in [1.54, 1.807) is 18.3 Å². The van der Waals surface area contributed by atoms with E-state index in [0.717, 1.165) is 0 Å². The van der Waals surface area contributed by atoms with Crippen LogP contribution in [0.1, 0.15) is 6.42 Å². The highest BCUT2D eigenvalue weighted by molar-refractivity contribution is 5.69. The van der Waals surface area contributed by atoms with E-state index in [9.17, 15) is 4.79 Å². The van der Waals surface area contributed by atoms with Gasteiger partial charge in [0, 0.05) is 24.5 Å². The van der Waals surface area contributed by atoms with Gasteiger partial charge in [-0.2, -0.15) is 0 Å². The Morgan fingerprint density at radius 1 is 1.71 bits per heavy atom. The first-order valence-electron chi connectivity index (χ1n) is 4.24. The number of carbonyl (C=O) groups excluding carboxylic acids is 1. The lowest BCUT2D eigenvalue weighted by Gasteiger charge is -2.04. The summed E-state index contributed by atoms with van der Waals surface area (Å²) in [5, 5.41) is 2.96. The highest BCUT2D eigenvalue weighted by Gasteiger charge is 1.99. The van der Waals surface area contributed by atoms with Crippen LogP contribution < -0.4 is 11.1 Å². The van der Waals surface area contributed by atoms with Crippen LogP contribution in [-0.4, -0.2) is 24.6 Å². The molecule has 5 nitrogen and oxygen atoms in total. The Morgan fingerprint density at radius 2 is 2.50 bits per heavy atom. The molecule has 0 spiro atoms. The maximum absolute atomic E-state index is 10.8. The number of methoxy groups -OCH3 is 1. The van der Waals surface area contributed by atoms with Gasteiger partial charge in [0.1, 0.15) is 5.82 Å². The number of carbonyl (C=O) groups is 1. The predicted octanol–water partition coefficient (Wildman–Crippen LogP) is 0.639. The number of esters is 1. The summed E-state index contributed by atoms with van der Waals surface area (Å²) < 4.78 is 4.49. The fourth-order valence-corrected chi connectivity index (χ4v) is 0.938. The zero-order chi connectivity index (χ0) is 10.4. The molecule has 0 atom stereocenters. The summed E-state index contributed by atoms with van der Waals surface area (Å²) in [6, 6.07) is 3.41. The summed E-state index contributed by atoms with van der Waals surface area (Å²) in [7, 11) is 1.36. The molecule has 0 aliphatic carbocycles. The molecular weight excluding hydrogens is 182 g/mol. The van der Waals surface area contributed by atoms with Gasteiger partial charge in [0.05, 0.1) is 13.5 Å². The lowest BCUT2D eigenvalue weighted by Crippen LogP contribution is -2.10. The zero-order valence-corrected chi connectivity index (χ0v) is 7.99. The number of rotatable bonds is 4. The fraction of sp³-hybridized carbons (Fsp3) is 0.333. The average molecular weight is 195 g/mol. The molecule has 0 aliphatic heterocycles. The smallest absolute Gasteiger partial charge is 0.307 e. The average Bonchev–Trinajstić information content (AvgIpc) is 2.17. The molecule has 0 aromatic carbocycles. The van der Waals surface area contributed by atoms with Gasteiger partial charge in [0.25, 0.3) is 0 Å². The van der Waals surface area contributed by atoms with Crippen molar-refractivity contribution in [2.24, 2.45) is 0 Å². The zero-order valence-electron chi connectivity index (χ0n) is 7.99. The minimum absolute atomic E-state index is 0.249. The molecule has 0 bridgehead atoms. The fourth-order valence-electron chi connectivity index (χ4n) is 0.938. The van der Waals surface area contributed by atoms with E-state index in [2.05, 4.69) is 15.0 Å². The van der Waals surface area contributed by atoms with Crippen LogP contribution in [0.5, 0.6) is 0 Å². The highest BCUT2D eigenvalue weighted by Crippen LogP contribution is 2.07. The molecule has 0 amide bonds. The van der Waals surface area contributed by atoms with Gasteiger partial charge in [0.2, 0.25) is 0 Å². The van der Waals surface area contributed by atoms with Gasteiger partial charge in [-0.1, -0.05) is 0 Å². The van der Waals surface area contributed by atoms with Gasteiger partial charge in [-0.3, -0.25) is 4.79 Å². The molecule has 1 rings (SSSR count). The van der Waals surface area contributed by atoms with Crippen LogP contribution in [0.15, 0.2) is 18.3 Å². The highest BCUT2D eigenvalue weighted by atomic mass is 16.5. The minimum atomic E-state index is -0.249. The summed E-state index contributed by atoms with van der Waals surface area (Å²) in [4.78, 5) is 14.8. The van der Waals surface area contributed by atoms with Crippen molar-refractivity contribution in [1.82, 2.24) is 4.98 Å². The topological polar surface area (TPSA) is 77.2 Å². The molecule has 1 aromatic rings. The number of aromatic nitrogens is 1. The minimum Gasteiger partial charge on any atom is -0.469 e. The molecule has 0 fully saturated rings. The monoisotopic (exact) mass is 195 g/mol. The van der Waals surface area contributed by atoms with E-state index in [4.69, 9.17) is 5.73 Å². The summed E-state index contributed by atoms with van der Waals surface area (Å²) in [6.45, 7) is 0.489. The molecule has 0 radical (unpaired) electrons. The largest absolute Gasteiger partial charge is 0.469 e. The Morgan fingerprint density at radius 3 is 3.14 bits per heavy atom. The van der Waals surface area contributed by atoms with Crippen molar-refractivity contribution in [2.45, 2.75) is 6.42 Å².